The van der Waals surface area contributed by atoms with Crippen LogP contribution in [0.3, 0.4) is 0 Å². The van der Waals surface area contributed by atoms with Gasteiger partial charge in [-0.3, -0.25) is 14.5 Å². The van der Waals surface area contributed by atoms with E-state index in [1.54, 1.807) is 7.05 Å². The largest absolute Gasteiger partial charge is 0.465 e. The summed E-state index contributed by atoms with van der Waals surface area (Å²) in [4.78, 5) is 27.6. The van der Waals surface area contributed by atoms with Crippen LogP contribution in [-0.2, 0) is 16.1 Å². The number of hydrogen-bond acceptors (Lipinski definition) is 5. The molecule has 1 unspecified atom stereocenters. The SMILES string of the molecule is Cc1ccc(CN2CCNC(=O)C2CC(=O)N(C)CCO)o1. The van der Waals surface area contributed by atoms with Crippen molar-refractivity contribution in [2.45, 2.75) is 25.9 Å². The van der Waals surface area contributed by atoms with Crippen molar-refractivity contribution in [3.63, 3.8) is 0 Å². The second-order valence-corrected chi connectivity index (χ2v) is 5.53. The summed E-state index contributed by atoms with van der Waals surface area (Å²) in [6.45, 7) is 3.79. The van der Waals surface area contributed by atoms with Gasteiger partial charge in [-0.25, -0.2) is 0 Å². The van der Waals surface area contributed by atoms with Gasteiger partial charge in [0.05, 0.1) is 25.6 Å². The number of aryl methyl sites for hydroxylation is 1. The number of carbonyl (C=O) groups is 2. The van der Waals surface area contributed by atoms with Gasteiger partial charge in [-0.1, -0.05) is 0 Å². The van der Waals surface area contributed by atoms with Crippen molar-refractivity contribution in [2.24, 2.45) is 0 Å². The van der Waals surface area contributed by atoms with Crippen LogP contribution in [0.25, 0.3) is 0 Å². The minimum atomic E-state index is -0.507. The first kappa shape index (κ1) is 16.5. The van der Waals surface area contributed by atoms with Crippen molar-refractivity contribution in [1.82, 2.24) is 15.1 Å². The number of nitrogens with one attached hydrogen (secondary N) is 1. The predicted molar refractivity (Wildman–Crippen MR) is 80.0 cm³/mol. The number of aliphatic hydroxyl groups excluding tert-OH is 1. The molecule has 0 spiro atoms. The van der Waals surface area contributed by atoms with Crippen molar-refractivity contribution in [2.75, 3.05) is 33.3 Å². The molecule has 122 valence electrons. The average molecular weight is 309 g/mol. The molecule has 1 aromatic rings. The quantitative estimate of drug-likeness (QED) is 0.755. The molecule has 1 fully saturated rings. The van der Waals surface area contributed by atoms with Gasteiger partial charge in [0.15, 0.2) is 0 Å². The first-order valence-corrected chi connectivity index (χ1v) is 7.43. The molecule has 2 N–H and O–H groups in total. The normalized spacial score (nSPS) is 19.0. The molecule has 1 aromatic heterocycles. The van der Waals surface area contributed by atoms with E-state index in [0.717, 1.165) is 11.5 Å². The van der Waals surface area contributed by atoms with Crippen molar-refractivity contribution in [3.05, 3.63) is 23.7 Å². The first-order chi connectivity index (χ1) is 10.5. The van der Waals surface area contributed by atoms with Gasteiger partial charge >= 0.3 is 0 Å². The number of furan rings is 1. The Kier molecular flexibility index (Phi) is 5.57. The monoisotopic (exact) mass is 309 g/mol. The van der Waals surface area contributed by atoms with E-state index in [1.165, 1.54) is 4.90 Å². The maximum absolute atomic E-state index is 12.1. The summed E-state index contributed by atoms with van der Waals surface area (Å²) in [6, 6.07) is 3.26. The summed E-state index contributed by atoms with van der Waals surface area (Å²) in [7, 11) is 1.62. The summed E-state index contributed by atoms with van der Waals surface area (Å²) in [5.41, 5.74) is 0. The Morgan fingerprint density at radius 3 is 2.95 bits per heavy atom. The number of carbonyl (C=O) groups excluding carboxylic acids is 2. The molecule has 7 heteroatoms. The number of nitrogens with zero attached hydrogens (tertiary/aromatic N) is 2. The third kappa shape index (κ3) is 4.08. The van der Waals surface area contributed by atoms with E-state index in [9.17, 15) is 9.59 Å². The number of likely N-dealkylation sites (N-methyl/N-ethyl adjacent to an activating group) is 1. The van der Waals surface area contributed by atoms with Crippen molar-refractivity contribution in [1.29, 1.82) is 0 Å². The zero-order valence-corrected chi connectivity index (χ0v) is 13.0. The molecule has 1 atom stereocenters. The second kappa shape index (κ2) is 7.42. The maximum Gasteiger partial charge on any atom is 0.237 e. The molecular weight excluding hydrogens is 286 g/mol. The molecule has 1 saturated heterocycles. The topological polar surface area (TPSA) is 86.0 Å². The highest BCUT2D eigenvalue weighted by molar-refractivity contribution is 5.88. The Labute approximate surface area is 129 Å². The standard InChI is InChI=1S/C15H23N3O4/c1-11-3-4-12(22-11)10-18-6-5-16-15(21)13(18)9-14(20)17(2)7-8-19/h3-4,13,19H,5-10H2,1-2H3,(H,16,21). The fraction of sp³-hybridized carbons (Fsp3) is 0.600. The average Bonchev–Trinajstić information content (AvgIpc) is 2.88. The van der Waals surface area contributed by atoms with E-state index in [4.69, 9.17) is 9.52 Å². The van der Waals surface area contributed by atoms with E-state index >= 15 is 0 Å². The molecular formula is C15H23N3O4. The van der Waals surface area contributed by atoms with Crippen LogP contribution < -0.4 is 5.32 Å². The summed E-state index contributed by atoms with van der Waals surface area (Å²) in [5.74, 6) is 1.32. The Balaban J connectivity index is 2.03. The van der Waals surface area contributed by atoms with Crippen LogP contribution in [-0.4, -0.2) is 66.1 Å². The highest BCUT2D eigenvalue weighted by Gasteiger charge is 2.32. The molecule has 2 amide bonds. The van der Waals surface area contributed by atoms with Crippen LogP contribution in [0.5, 0.6) is 0 Å². The molecule has 2 heterocycles. The van der Waals surface area contributed by atoms with Gasteiger partial charge in [-0.2, -0.15) is 0 Å². The molecule has 0 aromatic carbocycles. The molecule has 0 aliphatic carbocycles. The second-order valence-electron chi connectivity index (χ2n) is 5.53. The molecule has 0 radical (unpaired) electrons. The van der Waals surface area contributed by atoms with Crippen molar-refractivity contribution >= 4 is 11.8 Å². The van der Waals surface area contributed by atoms with Crippen LogP contribution in [0.2, 0.25) is 0 Å². The van der Waals surface area contributed by atoms with Crippen molar-refractivity contribution in [3.8, 4) is 0 Å². The van der Waals surface area contributed by atoms with E-state index < -0.39 is 6.04 Å². The van der Waals surface area contributed by atoms with Gasteiger partial charge in [0.25, 0.3) is 0 Å². The third-order valence-corrected chi connectivity index (χ3v) is 3.83. The number of amides is 2. The fourth-order valence-electron chi connectivity index (χ4n) is 2.54. The molecule has 0 saturated carbocycles. The number of rotatable bonds is 6. The lowest BCUT2D eigenvalue weighted by atomic mass is 10.1. The lowest BCUT2D eigenvalue weighted by molar-refractivity contribution is -0.138. The molecule has 1 aliphatic rings. The van der Waals surface area contributed by atoms with Gasteiger partial charge in [-0.15, -0.1) is 0 Å². The molecule has 22 heavy (non-hydrogen) atoms. The molecule has 1 aliphatic heterocycles. The van der Waals surface area contributed by atoms with Gasteiger partial charge in [0, 0.05) is 26.7 Å². The summed E-state index contributed by atoms with van der Waals surface area (Å²) in [5, 5.41) is 11.7. The minimum absolute atomic E-state index is 0.0888. The highest BCUT2D eigenvalue weighted by atomic mass is 16.3. The Bertz CT molecular complexity index is 529. The zero-order valence-electron chi connectivity index (χ0n) is 13.0. The predicted octanol–water partition coefficient (Wildman–Crippen LogP) is -0.271. The van der Waals surface area contributed by atoms with E-state index in [0.29, 0.717) is 19.6 Å². The van der Waals surface area contributed by atoms with Crippen LogP contribution in [0.15, 0.2) is 16.5 Å². The fourth-order valence-corrected chi connectivity index (χ4v) is 2.54. The Hall–Kier alpha value is -1.86. The maximum atomic E-state index is 12.1. The minimum Gasteiger partial charge on any atom is -0.465 e. The lowest BCUT2D eigenvalue weighted by Crippen LogP contribution is -2.56. The molecule has 7 nitrogen and oxygen atoms in total. The van der Waals surface area contributed by atoms with Crippen molar-refractivity contribution < 1.29 is 19.1 Å². The number of hydrogen-bond donors (Lipinski definition) is 2. The first-order valence-electron chi connectivity index (χ1n) is 7.43. The lowest BCUT2D eigenvalue weighted by Gasteiger charge is -2.34. The number of piperazine rings is 1. The van der Waals surface area contributed by atoms with Gasteiger partial charge in [0.2, 0.25) is 11.8 Å². The zero-order chi connectivity index (χ0) is 16.1. The summed E-state index contributed by atoms with van der Waals surface area (Å²) < 4.78 is 5.56. The van der Waals surface area contributed by atoms with Crippen LogP contribution in [0, 0.1) is 6.92 Å². The molecule has 0 bridgehead atoms. The van der Waals surface area contributed by atoms with Gasteiger partial charge in [-0.05, 0) is 19.1 Å². The van der Waals surface area contributed by atoms with Crippen LogP contribution in [0.4, 0.5) is 0 Å². The number of aliphatic hydroxyl groups is 1. The van der Waals surface area contributed by atoms with E-state index in [1.807, 2.05) is 24.0 Å². The summed E-state index contributed by atoms with van der Waals surface area (Å²) in [6.07, 6.45) is 0.0992. The molecule has 2 rings (SSSR count). The Morgan fingerprint density at radius 1 is 1.55 bits per heavy atom. The van der Waals surface area contributed by atoms with Gasteiger partial charge < -0.3 is 19.7 Å². The Morgan fingerprint density at radius 2 is 2.32 bits per heavy atom. The van der Waals surface area contributed by atoms with Gasteiger partial charge in [0.1, 0.15) is 11.5 Å². The van der Waals surface area contributed by atoms with E-state index in [-0.39, 0.29) is 31.4 Å². The van der Waals surface area contributed by atoms with E-state index in [2.05, 4.69) is 5.32 Å². The van der Waals surface area contributed by atoms with Crippen LogP contribution in [0.1, 0.15) is 17.9 Å². The third-order valence-electron chi connectivity index (χ3n) is 3.83. The highest BCUT2D eigenvalue weighted by Crippen LogP contribution is 2.16. The summed E-state index contributed by atoms with van der Waals surface area (Å²) >= 11 is 0. The van der Waals surface area contributed by atoms with Crippen LogP contribution >= 0.6 is 0 Å². The smallest absolute Gasteiger partial charge is 0.237 e.